The number of nitrogens with zero attached hydrogens (tertiary/aromatic N) is 2. The normalized spacial score (nSPS) is 12.9. The molecule has 2 aromatic rings. The van der Waals surface area contributed by atoms with E-state index in [1.54, 1.807) is 6.20 Å². The van der Waals surface area contributed by atoms with Gasteiger partial charge in [0.15, 0.2) is 0 Å². The molecular formula is C14H18BrClN4. The lowest BCUT2D eigenvalue weighted by Crippen LogP contribution is -2.31. The Morgan fingerprint density at radius 3 is 2.65 bits per heavy atom. The van der Waals surface area contributed by atoms with Crippen molar-refractivity contribution in [2.45, 2.75) is 32.9 Å². The lowest BCUT2D eigenvalue weighted by Gasteiger charge is -2.22. The molecule has 0 amide bonds. The van der Waals surface area contributed by atoms with Gasteiger partial charge in [0.2, 0.25) is 0 Å². The van der Waals surface area contributed by atoms with Crippen LogP contribution in [0, 0.1) is 6.92 Å². The van der Waals surface area contributed by atoms with E-state index in [0.717, 1.165) is 21.3 Å². The fraction of sp³-hybridized carbons (Fsp3) is 0.357. The molecule has 0 radical (unpaired) electrons. The first kappa shape index (κ1) is 15.5. The maximum absolute atomic E-state index is 6.31. The van der Waals surface area contributed by atoms with Gasteiger partial charge in [-0.05, 0) is 44.0 Å². The molecule has 1 unspecified atom stereocenters. The van der Waals surface area contributed by atoms with Crippen LogP contribution in [0.4, 0.5) is 0 Å². The van der Waals surface area contributed by atoms with Crippen molar-refractivity contribution in [1.29, 1.82) is 0 Å². The number of hydrogen-bond acceptors (Lipinski definition) is 3. The van der Waals surface area contributed by atoms with Gasteiger partial charge in [0.05, 0.1) is 23.0 Å². The summed E-state index contributed by atoms with van der Waals surface area (Å²) in [4.78, 5) is 0. The molecule has 1 heterocycles. The van der Waals surface area contributed by atoms with Gasteiger partial charge in [-0.3, -0.25) is 10.5 Å². The number of halogens is 2. The Hall–Kier alpha value is -0.880. The smallest absolute Gasteiger partial charge is 0.0896 e. The van der Waals surface area contributed by atoms with Gasteiger partial charge in [0.25, 0.3) is 0 Å². The summed E-state index contributed by atoms with van der Waals surface area (Å²) in [6.45, 7) is 6.18. The minimum atomic E-state index is -0.194. The molecule has 2 rings (SSSR count). The summed E-state index contributed by atoms with van der Waals surface area (Å²) in [6, 6.07) is 6.11. The summed E-state index contributed by atoms with van der Waals surface area (Å²) in [6.07, 6.45) is 1.66. The van der Waals surface area contributed by atoms with Crippen molar-refractivity contribution in [3.05, 3.63) is 50.7 Å². The molecule has 0 spiro atoms. The molecule has 1 aromatic heterocycles. The van der Waals surface area contributed by atoms with Crippen LogP contribution in [0.25, 0.3) is 0 Å². The van der Waals surface area contributed by atoms with E-state index < -0.39 is 0 Å². The molecule has 0 saturated heterocycles. The standard InChI is InChI=1S/C14H18BrClN4/c1-8(2)20-14(12(16)7-18-20)13(19-17)11-5-4-10(15)6-9(11)3/h4-8,13,19H,17H2,1-3H3. The number of rotatable bonds is 4. The molecule has 0 saturated carbocycles. The van der Waals surface area contributed by atoms with Gasteiger partial charge in [-0.2, -0.15) is 5.10 Å². The fourth-order valence-electron chi connectivity index (χ4n) is 2.31. The van der Waals surface area contributed by atoms with Crippen molar-refractivity contribution < 1.29 is 0 Å². The minimum Gasteiger partial charge on any atom is -0.271 e. The quantitative estimate of drug-likeness (QED) is 0.647. The molecule has 3 N–H and O–H groups in total. The predicted molar refractivity (Wildman–Crippen MR) is 85.7 cm³/mol. The van der Waals surface area contributed by atoms with E-state index in [4.69, 9.17) is 17.4 Å². The van der Waals surface area contributed by atoms with Gasteiger partial charge in [-0.15, -0.1) is 0 Å². The largest absolute Gasteiger partial charge is 0.271 e. The van der Waals surface area contributed by atoms with Crippen LogP contribution >= 0.6 is 27.5 Å². The Balaban J connectivity index is 2.55. The highest BCUT2D eigenvalue weighted by molar-refractivity contribution is 9.10. The van der Waals surface area contributed by atoms with E-state index in [1.165, 1.54) is 0 Å². The van der Waals surface area contributed by atoms with Gasteiger partial charge in [0, 0.05) is 10.5 Å². The van der Waals surface area contributed by atoms with Crippen LogP contribution in [-0.4, -0.2) is 9.78 Å². The monoisotopic (exact) mass is 356 g/mol. The van der Waals surface area contributed by atoms with Crippen LogP contribution in [0.1, 0.15) is 42.8 Å². The maximum Gasteiger partial charge on any atom is 0.0896 e. The van der Waals surface area contributed by atoms with Crippen LogP contribution in [0.3, 0.4) is 0 Å². The summed E-state index contributed by atoms with van der Waals surface area (Å²) in [5.74, 6) is 5.78. The summed E-state index contributed by atoms with van der Waals surface area (Å²) in [5, 5.41) is 4.95. The summed E-state index contributed by atoms with van der Waals surface area (Å²) >= 11 is 9.78. The number of hydrazine groups is 1. The lowest BCUT2D eigenvalue weighted by molar-refractivity contribution is 0.476. The third-order valence-corrected chi connectivity index (χ3v) is 4.04. The lowest BCUT2D eigenvalue weighted by atomic mass is 9.99. The SMILES string of the molecule is Cc1cc(Br)ccc1C(NN)c1c(Cl)cnn1C(C)C. The Morgan fingerprint density at radius 2 is 2.10 bits per heavy atom. The summed E-state index contributed by atoms with van der Waals surface area (Å²) < 4.78 is 2.94. The van der Waals surface area contributed by atoms with Crippen LogP contribution < -0.4 is 11.3 Å². The number of aryl methyl sites for hydroxylation is 1. The highest BCUT2D eigenvalue weighted by atomic mass is 79.9. The molecule has 0 aliphatic rings. The minimum absolute atomic E-state index is 0.194. The first-order valence-corrected chi connectivity index (χ1v) is 7.58. The van der Waals surface area contributed by atoms with Gasteiger partial charge in [0.1, 0.15) is 0 Å². The zero-order chi connectivity index (χ0) is 14.9. The molecule has 0 bridgehead atoms. The Bertz CT molecular complexity index is 609. The van der Waals surface area contributed by atoms with Crippen molar-refractivity contribution >= 4 is 27.5 Å². The Morgan fingerprint density at radius 1 is 1.40 bits per heavy atom. The van der Waals surface area contributed by atoms with E-state index in [9.17, 15) is 0 Å². The summed E-state index contributed by atoms with van der Waals surface area (Å²) in [7, 11) is 0. The Kier molecular flexibility index (Phi) is 4.86. The molecule has 0 aliphatic heterocycles. The highest BCUT2D eigenvalue weighted by Gasteiger charge is 2.23. The van der Waals surface area contributed by atoms with Gasteiger partial charge in [-0.25, -0.2) is 5.43 Å². The molecule has 1 atom stereocenters. The van der Waals surface area contributed by atoms with Crippen molar-refractivity contribution in [2.24, 2.45) is 5.84 Å². The predicted octanol–water partition coefficient (Wildman–Crippen LogP) is 3.74. The molecule has 0 aliphatic carbocycles. The van der Waals surface area contributed by atoms with Gasteiger partial charge in [-0.1, -0.05) is 33.6 Å². The second kappa shape index (κ2) is 6.26. The highest BCUT2D eigenvalue weighted by Crippen LogP contribution is 2.32. The molecule has 4 nitrogen and oxygen atoms in total. The number of benzene rings is 1. The first-order chi connectivity index (χ1) is 9.45. The second-order valence-corrected chi connectivity index (χ2v) is 6.34. The first-order valence-electron chi connectivity index (χ1n) is 6.40. The van der Waals surface area contributed by atoms with Crippen LogP contribution in [-0.2, 0) is 0 Å². The third kappa shape index (κ3) is 2.91. The molecule has 6 heteroatoms. The fourth-order valence-corrected chi connectivity index (χ4v) is 3.03. The van der Waals surface area contributed by atoms with E-state index >= 15 is 0 Å². The van der Waals surface area contributed by atoms with E-state index in [0.29, 0.717) is 5.02 Å². The topological polar surface area (TPSA) is 55.9 Å². The average molecular weight is 358 g/mol. The van der Waals surface area contributed by atoms with Crippen LogP contribution in [0.2, 0.25) is 5.02 Å². The number of nitrogens with one attached hydrogen (secondary N) is 1. The number of hydrogen-bond donors (Lipinski definition) is 2. The Labute approximate surface area is 132 Å². The van der Waals surface area contributed by atoms with Crippen molar-refractivity contribution in [1.82, 2.24) is 15.2 Å². The molecule has 108 valence electrons. The van der Waals surface area contributed by atoms with Crippen molar-refractivity contribution in [3.8, 4) is 0 Å². The van der Waals surface area contributed by atoms with E-state index in [2.05, 4.69) is 53.3 Å². The zero-order valence-corrected chi connectivity index (χ0v) is 14.0. The van der Waals surface area contributed by atoms with Crippen LogP contribution in [0.5, 0.6) is 0 Å². The molecule has 20 heavy (non-hydrogen) atoms. The average Bonchev–Trinajstić information content (AvgIpc) is 2.75. The van der Waals surface area contributed by atoms with E-state index in [-0.39, 0.29) is 12.1 Å². The van der Waals surface area contributed by atoms with Crippen molar-refractivity contribution in [2.75, 3.05) is 0 Å². The zero-order valence-electron chi connectivity index (χ0n) is 11.7. The van der Waals surface area contributed by atoms with Crippen molar-refractivity contribution in [3.63, 3.8) is 0 Å². The van der Waals surface area contributed by atoms with Crippen LogP contribution in [0.15, 0.2) is 28.9 Å². The van der Waals surface area contributed by atoms with Gasteiger partial charge >= 0.3 is 0 Å². The third-order valence-electron chi connectivity index (χ3n) is 3.26. The van der Waals surface area contributed by atoms with E-state index in [1.807, 2.05) is 16.8 Å². The maximum atomic E-state index is 6.31. The van der Waals surface area contributed by atoms with Gasteiger partial charge < -0.3 is 0 Å². The molecule has 1 aromatic carbocycles. The molecule has 0 fully saturated rings. The second-order valence-electron chi connectivity index (χ2n) is 5.02. The molecular weight excluding hydrogens is 340 g/mol. The summed E-state index contributed by atoms with van der Waals surface area (Å²) in [5.41, 5.74) is 5.96. The number of aromatic nitrogens is 2. The number of nitrogens with two attached hydrogens (primary N) is 1.